The van der Waals surface area contributed by atoms with Crippen molar-refractivity contribution in [1.29, 1.82) is 0 Å². The van der Waals surface area contributed by atoms with Crippen LogP contribution in [0, 0.1) is 0 Å². The molecule has 0 atom stereocenters. The van der Waals surface area contributed by atoms with Crippen molar-refractivity contribution in [2.45, 2.75) is 15.7 Å². The van der Waals surface area contributed by atoms with Crippen LogP contribution in [0.4, 0.5) is 0 Å². The summed E-state index contributed by atoms with van der Waals surface area (Å²) in [5.41, 5.74) is 0.565. The fourth-order valence-corrected chi connectivity index (χ4v) is 3.12. The molecule has 0 aliphatic heterocycles. The van der Waals surface area contributed by atoms with Gasteiger partial charge in [0, 0.05) is 22.7 Å². The van der Waals surface area contributed by atoms with Crippen molar-refractivity contribution in [3.63, 3.8) is 0 Å². The molecule has 0 spiro atoms. The number of carbonyl (C=O) groups is 1. The minimum absolute atomic E-state index is 0.0544. The highest BCUT2D eigenvalue weighted by atomic mass is 35.5. The van der Waals surface area contributed by atoms with E-state index in [4.69, 9.17) is 16.7 Å². The van der Waals surface area contributed by atoms with Gasteiger partial charge in [-0.25, -0.2) is 4.98 Å². The topological polar surface area (TPSA) is 63.1 Å². The highest BCUT2D eigenvalue weighted by Crippen LogP contribution is 2.34. The summed E-state index contributed by atoms with van der Waals surface area (Å²) in [6.07, 6.45) is 3.16. The van der Waals surface area contributed by atoms with E-state index < -0.39 is 5.97 Å². The van der Waals surface area contributed by atoms with E-state index in [0.717, 1.165) is 9.24 Å². The highest BCUT2D eigenvalue weighted by molar-refractivity contribution is 8.01. The van der Waals surface area contributed by atoms with Crippen LogP contribution in [0.2, 0.25) is 5.02 Å². The molecule has 0 bridgehead atoms. The second kappa shape index (κ2) is 5.48. The number of hydrogen-bond donors (Lipinski definition) is 1. The molecule has 0 amide bonds. The first-order valence-electron chi connectivity index (χ1n) is 4.58. The first kappa shape index (κ1) is 12.3. The number of halogens is 1. The van der Waals surface area contributed by atoms with Gasteiger partial charge in [0.05, 0.1) is 17.1 Å². The molecule has 0 aliphatic carbocycles. The SMILES string of the molecule is O=C(O)Cc1csc(Sc2ccncc2Cl)n1. The fourth-order valence-electron chi connectivity index (χ4n) is 1.11. The molecule has 88 valence electrons. The number of nitrogens with zero attached hydrogens (tertiary/aromatic N) is 2. The molecule has 0 aliphatic rings. The zero-order valence-electron chi connectivity index (χ0n) is 8.46. The van der Waals surface area contributed by atoms with Crippen LogP contribution in [0.5, 0.6) is 0 Å². The highest BCUT2D eigenvalue weighted by Gasteiger charge is 2.09. The molecule has 0 fully saturated rings. The molecule has 2 aromatic heterocycles. The van der Waals surface area contributed by atoms with E-state index in [9.17, 15) is 4.79 Å². The summed E-state index contributed by atoms with van der Waals surface area (Å²) < 4.78 is 0.773. The van der Waals surface area contributed by atoms with Gasteiger partial charge in [-0.1, -0.05) is 23.4 Å². The van der Waals surface area contributed by atoms with Crippen molar-refractivity contribution in [2.24, 2.45) is 0 Å². The summed E-state index contributed by atoms with van der Waals surface area (Å²) in [5, 5.41) is 10.9. The first-order chi connectivity index (χ1) is 8.15. The van der Waals surface area contributed by atoms with Crippen molar-refractivity contribution in [3.05, 3.63) is 34.6 Å². The molecule has 2 heterocycles. The molecular formula is C10H7ClN2O2S2. The van der Waals surface area contributed by atoms with Gasteiger partial charge >= 0.3 is 5.97 Å². The van der Waals surface area contributed by atoms with Gasteiger partial charge in [0.25, 0.3) is 0 Å². The van der Waals surface area contributed by atoms with Crippen molar-refractivity contribution in [2.75, 3.05) is 0 Å². The van der Waals surface area contributed by atoms with Crippen LogP contribution in [-0.2, 0) is 11.2 Å². The maximum absolute atomic E-state index is 10.5. The van der Waals surface area contributed by atoms with Crippen LogP contribution in [0.1, 0.15) is 5.69 Å². The Morgan fingerprint density at radius 2 is 2.41 bits per heavy atom. The number of aliphatic carboxylic acids is 1. The Kier molecular flexibility index (Phi) is 3.98. The molecule has 1 N–H and O–H groups in total. The summed E-state index contributed by atoms with van der Waals surface area (Å²) in [7, 11) is 0. The number of hydrogen-bond acceptors (Lipinski definition) is 5. The van der Waals surface area contributed by atoms with Crippen LogP contribution < -0.4 is 0 Å². The number of aromatic nitrogens is 2. The molecule has 2 aromatic rings. The summed E-state index contributed by atoms with van der Waals surface area (Å²) in [5.74, 6) is -0.881. The minimum atomic E-state index is -0.881. The molecule has 17 heavy (non-hydrogen) atoms. The van der Waals surface area contributed by atoms with Gasteiger partial charge < -0.3 is 5.11 Å². The zero-order valence-corrected chi connectivity index (χ0v) is 10.8. The lowest BCUT2D eigenvalue weighted by Gasteiger charge is -1.98. The first-order valence-corrected chi connectivity index (χ1v) is 6.66. The molecule has 7 heteroatoms. The molecule has 4 nitrogen and oxygen atoms in total. The Bertz CT molecular complexity index is 545. The molecule has 0 unspecified atom stereocenters. The van der Waals surface area contributed by atoms with Gasteiger partial charge in [-0.3, -0.25) is 9.78 Å². The van der Waals surface area contributed by atoms with Crippen molar-refractivity contribution >= 4 is 40.7 Å². The maximum Gasteiger partial charge on any atom is 0.309 e. The van der Waals surface area contributed by atoms with Crippen LogP contribution in [0.15, 0.2) is 33.1 Å². The number of carboxylic acids is 1. The zero-order chi connectivity index (χ0) is 12.3. The predicted octanol–water partition coefficient (Wildman–Crippen LogP) is 2.97. The second-order valence-corrected chi connectivity index (χ2v) is 5.64. The van der Waals surface area contributed by atoms with Gasteiger partial charge in [-0.05, 0) is 6.07 Å². The standard InChI is InChI=1S/C10H7ClN2O2S2/c11-7-4-12-2-1-8(7)17-10-13-6(5-16-10)3-9(14)15/h1-2,4-5H,3H2,(H,14,15). The molecule has 2 rings (SSSR count). The van der Waals surface area contributed by atoms with E-state index in [2.05, 4.69) is 9.97 Å². The van der Waals surface area contributed by atoms with Crippen molar-refractivity contribution in [3.8, 4) is 0 Å². The number of carboxylic acid groups (broad SMARTS) is 1. The molecule has 0 saturated carbocycles. The van der Waals surface area contributed by atoms with Gasteiger partial charge in [-0.15, -0.1) is 11.3 Å². The molecule has 0 radical (unpaired) electrons. The van der Waals surface area contributed by atoms with Gasteiger partial charge in [-0.2, -0.15) is 0 Å². The third-order valence-electron chi connectivity index (χ3n) is 1.80. The lowest BCUT2D eigenvalue weighted by Crippen LogP contribution is -1.99. The average molecular weight is 287 g/mol. The Balaban J connectivity index is 2.12. The minimum Gasteiger partial charge on any atom is -0.481 e. The summed E-state index contributed by atoms with van der Waals surface area (Å²) >= 11 is 8.77. The van der Waals surface area contributed by atoms with E-state index in [1.54, 1.807) is 23.8 Å². The van der Waals surface area contributed by atoms with Crippen LogP contribution in [-0.4, -0.2) is 21.0 Å². The largest absolute Gasteiger partial charge is 0.481 e. The summed E-state index contributed by atoms with van der Waals surface area (Å²) in [6, 6.07) is 1.80. The van der Waals surface area contributed by atoms with Gasteiger partial charge in [0.1, 0.15) is 0 Å². The Morgan fingerprint density at radius 1 is 1.59 bits per heavy atom. The molecule has 0 saturated heterocycles. The second-order valence-electron chi connectivity index (χ2n) is 3.08. The summed E-state index contributed by atoms with van der Waals surface area (Å²) in [4.78, 5) is 19.5. The Labute approximate surface area is 111 Å². The van der Waals surface area contributed by atoms with E-state index in [-0.39, 0.29) is 6.42 Å². The number of thiazole rings is 1. The maximum atomic E-state index is 10.5. The van der Waals surface area contributed by atoms with E-state index in [1.807, 2.05) is 0 Å². The normalized spacial score (nSPS) is 10.4. The quantitative estimate of drug-likeness (QED) is 0.936. The Hall–Kier alpha value is -1.11. The average Bonchev–Trinajstić information content (AvgIpc) is 2.68. The van der Waals surface area contributed by atoms with Gasteiger partial charge in [0.15, 0.2) is 4.34 Å². The predicted molar refractivity (Wildman–Crippen MR) is 66.8 cm³/mol. The third-order valence-corrected chi connectivity index (χ3v) is 4.27. The molecule has 0 aromatic carbocycles. The van der Waals surface area contributed by atoms with Crippen LogP contribution in [0.3, 0.4) is 0 Å². The fraction of sp³-hybridized carbons (Fsp3) is 0.100. The number of pyridine rings is 1. The Morgan fingerprint density at radius 3 is 3.12 bits per heavy atom. The van der Waals surface area contributed by atoms with E-state index in [0.29, 0.717) is 10.7 Å². The number of rotatable bonds is 4. The van der Waals surface area contributed by atoms with Crippen LogP contribution >= 0.6 is 34.7 Å². The van der Waals surface area contributed by atoms with E-state index in [1.165, 1.54) is 23.1 Å². The van der Waals surface area contributed by atoms with E-state index >= 15 is 0 Å². The monoisotopic (exact) mass is 286 g/mol. The van der Waals surface area contributed by atoms with Crippen molar-refractivity contribution in [1.82, 2.24) is 9.97 Å². The van der Waals surface area contributed by atoms with Crippen molar-refractivity contribution < 1.29 is 9.90 Å². The van der Waals surface area contributed by atoms with Crippen LogP contribution in [0.25, 0.3) is 0 Å². The smallest absolute Gasteiger partial charge is 0.309 e. The van der Waals surface area contributed by atoms with Gasteiger partial charge in [0.2, 0.25) is 0 Å². The lowest BCUT2D eigenvalue weighted by atomic mass is 10.3. The lowest BCUT2D eigenvalue weighted by molar-refractivity contribution is -0.136. The third kappa shape index (κ3) is 3.42. The summed E-state index contributed by atoms with van der Waals surface area (Å²) in [6.45, 7) is 0. The molecular weight excluding hydrogens is 280 g/mol.